The minimum atomic E-state index is -4.69. The number of likely N-dealkylation sites (N-methyl/N-ethyl adjacent to an activating group) is 1. The van der Waals surface area contributed by atoms with Crippen LogP contribution in [-0.4, -0.2) is 77.6 Å². The Hall–Kier alpha value is -3.57. The number of halogens is 3. The van der Waals surface area contributed by atoms with Crippen molar-refractivity contribution in [1.29, 1.82) is 0 Å². The van der Waals surface area contributed by atoms with Crippen LogP contribution in [0.1, 0.15) is 65.3 Å². The molecule has 0 radical (unpaired) electrons. The van der Waals surface area contributed by atoms with Crippen LogP contribution < -0.4 is 10.1 Å². The van der Waals surface area contributed by atoms with Crippen LogP contribution in [-0.2, 0) is 15.8 Å². The quantitative estimate of drug-likeness (QED) is 0.494. The molecule has 2 aromatic rings. The van der Waals surface area contributed by atoms with Gasteiger partial charge in [-0.25, -0.2) is 0 Å². The van der Waals surface area contributed by atoms with Gasteiger partial charge in [0, 0.05) is 45.1 Å². The Labute approximate surface area is 212 Å². The van der Waals surface area contributed by atoms with Crippen molar-refractivity contribution in [3.63, 3.8) is 0 Å². The second-order valence-corrected chi connectivity index (χ2v) is 9.72. The van der Waals surface area contributed by atoms with Gasteiger partial charge in [0.1, 0.15) is 17.0 Å². The van der Waals surface area contributed by atoms with Crippen molar-refractivity contribution in [2.24, 2.45) is 0 Å². The van der Waals surface area contributed by atoms with Gasteiger partial charge < -0.3 is 19.9 Å². The molecule has 1 aromatic carbocycles. The van der Waals surface area contributed by atoms with Crippen LogP contribution >= 0.6 is 0 Å². The number of carbonyl (C=O) groups is 3. The van der Waals surface area contributed by atoms with Crippen LogP contribution in [0, 0.1) is 0 Å². The first kappa shape index (κ1) is 26.5. The lowest BCUT2D eigenvalue weighted by atomic mass is 9.85. The molecule has 12 heteroatoms. The lowest BCUT2D eigenvalue weighted by Crippen LogP contribution is -2.48. The number of hydrogen-bond donors (Lipinski definition) is 2. The molecule has 4 rings (SSSR count). The standard InChI is InChI=1S/C25H30F3N5O4/c1-32(2)23(36)24(11-12-24)29-18(34)6-4-5-13-33-14-17(15-7-9-16(37-3)10-8-15)19-20(22(33)35)30-31-21(19)25(26,27)28/h7-10,17H,4-6,11-14H2,1-3H3,(H,29,34)(H,30,31). The fourth-order valence-corrected chi connectivity index (χ4v) is 4.78. The molecule has 1 aromatic heterocycles. The van der Waals surface area contributed by atoms with Gasteiger partial charge in [-0.15, -0.1) is 0 Å². The summed E-state index contributed by atoms with van der Waals surface area (Å²) in [6, 6.07) is 6.69. The van der Waals surface area contributed by atoms with Crippen LogP contribution in [0.5, 0.6) is 5.75 Å². The number of fused-ring (bicyclic) bond motifs is 1. The third-order valence-corrected chi connectivity index (χ3v) is 6.87. The number of nitrogens with one attached hydrogen (secondary N) is 2. The number of unbranched alkanes of at least 4 members (excludes halogenated alkanes) is 1. The van der Waals surface area contributed by atoms with Crippen LogP contribution in [0.15, 0.2) is 24.3 Å². The van der Waals surface area contributed by atoms with Crippen molar-refractivity contribution in [3.8, 4) is 5.75 Å². The maximum absolute atomic E-state index is 13.7. The molecule has 1 saturated carbocycles. The number of carbonyl (C=O) groups excluding carboxylic acids is 3. The highest BCUT2D eigenvalue weighted by Crippen LogP contribution is 2.41. The zero-order valence-corrected chi connectivity index (χ0v) is 20.9. The fourth-order valence-electron chi connectivity index (χ4n) is 4.78. The van der Waals surface area contributed by atoms with Crippen molar-refractivity contribution >= 4 is 17.7 Å². The molecule has 1 aliphatic carbocycles. The summed E-state index contributed by atoms with van der Waals surface area (Å²) in [5.74, 6) is -1.11. The van der Waals surface area contributed by atoms with E-state index in [2.05, 4.69) is 10.4 Å². The van der Waals surface area contributed by atoms with Gasteiger partial charge in [-0.2, -0.15) is 18.3 Å². The number of amides is 3. The average Bonchev–Trinajstić information content (AvgIpc) is 3.47. The van der Waals surface area contributed by atoms with E-state index in [-0.39, 0.29) is 42.6 Å². The predicted octanol–water partition coefficient (Wildman–Crippen LogP) is 2.93. The third kappa shape index (κ3) is 5.42. The summed E-state index contributed by atoms with van der Waals surface area (Å²) >= 11 is 0. The van der Waals surface area contributed by atoms with E-state index < -0.39 is 29.2 Å². The molecule has 200 valence electrons. The van der Waals surface area contributed by atoms with E-state index in [0.717, 1.165) is 0 Å². The summed E-state index contributed by atoms with van der Waals surface area (Å²) in [6.45, 7) is 0.307. The summed E-state index contributed by atoms with van der Waals surface area (Å²) in [4.78, 5) is 40.6. The molecule has 1 unspecified atom stereocenters. The summed E-state index contributed by atoms with van der Waals surface area (Å²) < 4.78 is 46.3. The van der Waals surface area contributed by atoms with E-state index in [9.17, 15) is 27.6 Å². The number of alkyl halides is 3. The van der Waals surface area contributed by atoms with Gasteiger partial charge in [0.15, 0.2) is 5.69 Å². The summed E-state index contributed by atoms with van der Waals surface area (Å²) in [5.41, 5.74) is -1.62. The van der Waals surface area contributed by atoms with Gasteiger partial charge >= 0.3 is 6.18 Å². The molecule has 37 heavy (non-hydrogen) atoms. The molecule has 0 spiro atoms. The number of H-pyrrole nitrogens is 1. The van der Waals surface area contributed by atoms with Gasteiger partial charge in [0.05, 0.1) is 7.11 Å². The Balaban J connectivity index is 1.43. The minimum Gasteiger partial charge on any atom is -0.497 e. The normalized spacial score (nSPS) is 18.3. The number of aromatic amines is 1. The van der Waals surface area contributed by atoms with Crippen molar-refractivity contribution in [3.05, 3.63) is 46.8 Å². The smallest absolute Gasteiger partial charge is 0.433 e. The molecule has 2 N–H and O–H groups in total. The molecule has 9 nitrogen and oxygen atoms in total. The Morgan fingerprint density at radius 2 is 1.89 bits per heavy atom. The number of hydrogen-bond acceptors (Lipinski definition) is 5. The Morgan fingerprint density at radius 1 is 1.22 bits per heavy atom. The monoisotopic (exact) mass is 521 g/mol. The van der Waals surface area contributed by atoms with E-state index in [1.165, 1.54) is 16.9 Å². The highest BCUT2D eigenvalue weighted by atomic mass is 19.4. The van der Waals surface area contributed by atoms with E-state index in [1.807, 2.05) is 5.10 Å². The first-order valence-electron chi connectivity index (χ1n) is 12.1. The number of rotatable bonds is 9. The van der Waals surface area contributed by atoms with E-state index in [4.69, 9.17) is 4.74 Å². The Bertz CT molecular complexity index is 1170. The predicted molar refractivity (Wildman–Crippen MR) is 127 cm³/mol. The first-order chi connectivity index (χ1) is 17.5. The molecule has 2 aliphatic rings. The molecule has 1 fully saturated rings. The number of ether oxygens (including phenoxy) is 1. The lowest BCUT2D eigenvalue weighted by molar-refractivity contribution is -0.142. The molecule has 0 bridgehead atoms. The van der Waals surface area contributed by atoms with Gasteiger partial charge in [-0.1, -0.05) is 12.1 Å². The molecular formula is C25H30F3N5O4. The van der Waals surface area contributed by atoms with Gasteiger partial charge in [0.25, 0.3) is 5.91 Å². The number of nitrogens with zero attached hydrogens (tertiary/aromatic N) is 3. The van der Waals surface area contributed by atoms with Crippen molar-refractivity contribution in [2.45, 2.75) is 49.7 Å². The molecule has 1 aliphatic heterocycles. The Kier molecular flexibility index (Phi) is 7.20. The highest BCUT2D eigenvalue weighted by Gasteiger charge is 2.51. The van der Waals surface area contributed by atoms with Crippen LogP contribution in [0.25, 0.3) is 0 Å². The van der Waals surface area contributed by atoms with E-state index in [0.29, 0.717) is 37.0 Å². The summed E-state index contributed by atoms with van der Waals surface area (Å²) in [6.07, 6.45) is -2.37. The van der Waals surface area contributed by atoms with E-state index >= 15 is 0 Å². The molecule has 0 saturated heterocycles. The lowest BCUT2D eigenvalue weighted by Gasteiger charge is -2.33. The number of aromatic nitrogens is 2. The van der Waals surface area contributed by atoms with Gasteiger partial charge in [-0.3, -0.25) is 19.5 Å². The van der Waals surface area contributed by atoms with Crippen LogP contribution in [0.3, 0.4) is 0 Å². The summed E-state index contributed by atoms with van der Waals surface area (Å²) in [7, 11) is 4.79. The second kappa shape index (κ2) is 10.1. The molecule has 2 heterocycles. The van der Waals surface area contributed by atoms with Gasteiger partial charge in [0.2, 0.25) is 11.8 Å². The largest absolute Gasteiger partial charge is 0.497 e. The molecule has 3 amide bonds. The SMILES string of the molecule is COc1ccc(C2CN(CCCCC(=O)NC3(C(=O)N(C)C)CC3)C(=O)c3n[nH]c(C(F)(F)F)c32)cc1. The van der Waals surface area contributed by atoms with Crippen molar-refractivity contribution in [1.82, 2.24) is 25.3 Å². The minimum absolute atomic E-state index is 0.0490. The fraction of sp³-hybridized carbons (Fsp3) is 0.520. The number of methoxy groups -OCH3 is 1. The van der Waals surface area contributed by atoms with Crippen LogP contribution in [0.2, 0.25) is 0 Å². The first-order valence-corrected chi connectivity index (χ1v) is 12.1. The zero-order chi connectivity index (χ0) is 27.0. The zero-order valence-electron chi connectivity index (χ0n) is 20.9. The highest BCUT2D eigenvalue weighted by molar-refractivity contribution is 5.96. The number of benzene rings is 1. The Morgan fingerprint density at radius 3 is 2.46 bits per heavy atom. The molecule has 1 atom stereocenters. The van der Waals surface area contributed by atoms with Gasteiger partial charge in [-0.05, 0) is 43.4 Å². The second-order valence-electron chi connectivity index (χ2n) is 9.72. The van der Waals surface area contributed by atoms with Crippen molar-refractivity contribution in [2.75, 3.05) is 34.3 Å². The third-order valence-electron chi connectivity index (χ3n) is 6.87. The maximum Gasteiger partial charge on any atom is 0.433 e. The van der Waals surface area contributed by atoms with E-state index in [1.54, 1.807) is 38.4 Å². The maximum atomic E-state index is 13.7. The summed E-state index contributed by atoms with van der Waals surface area (Å²) in [5, 5.41) is 8.58. The average molecular weight is 522 g/mol. The topological polar surface area (TPSA) is 108 Å². The van der Waals surface area contributed by atoms with Crippen LogP contribution in [0.4, 0.5) is 13.2 Å². The van der Waals surface area contributed by atoms with Crippen molar-refractivity contribution < 1.29 is 32.3 Å². The molecular weight excluding hydrogens is 491 g/mol.